The molecule has 1 aliphatic heterocycles. The summed E-state index contributed by atoms with van der Waals surface area (Å²) in [6.07, 6.45) is 0.846. The van der Waals surface area contributed by atoms with Gasteiger partial charge in [-0.1, -0.05) is 6.92 Å². The van der Waals surface area contributed by atoms with Crippen molar-refractivity contribution in [2.75, 3.05) is 23.4 Å². The lowest BCUT2D eigenvalue weighted by Gasteiger charge is -2.27. The van der Waals surface area contributed by atoms with Gasteiger partial charge in [0.05, 0.1) is 16.7 Å². The van der Waals surface area contributed by atoms with Gasteiger partial charge in [-0.2, -0.15) is 0 Å². The van der Waals surface area contributed by atoms with Crippen molar-refractivity contribution >= 4 is 23.2 Å². The molecule has 2 aromatic rings. The molecule has 0 atom stereocenters. The number of nitrogens with one attached hydrogen (secondary N) is 1. The molecular formula is C21H26N2O4. The lowest BCUT2D eigenvalue weighted by atomic mass is 9.93. The third-order valence-electron chi connectivity index (χ3n) is 4.65. The Morgan fingerprint density at radius 3 is 2.63 bits per heavy atom. The highest BCUT2D eigenvalue weighted by Gasteiger charge is 2.37. The first kappa shape index (κ1) is 19.0. The lowest BCUT2D eigenvalue weighted by molar-refractivity contribution is -0.127. The summed E-state index contributed by atoms with van der Waals surface area (Å²) in [4.78, 5) is 27.2. The van der Waals surface area contributed by atoms with Crippen molar-refractivity contribution < 1.29 is 18.7 Å². The molecule has 0 unspecified atom stereocenters. The Bertz CT molecular complexity index is 882. The van der Waals surface area contributed by atoms with E-state index in [2.05, 4.69) is 5.32 Å². The number of ether oxygens (including phenoxy) is 1. The van der Waals surface area contributed by atoms with E-state index in [1.807, 2.05) is 26.8 Å². The van der Waals surface area contributed by atoms with Gasteiger partial charge in [0, 0.05) is 18.3 Å². The van der Waals surface area contributed by atoms with Gasteiger partial charge in [-0.05, 0) is 52.3 Å². The molecule has 2 heterocycles. The van der Waals surface area contributed by atoms with Crippen molar-refractivity contribution in [3.63, 3.8) is 0 Å². The summed E-state index contributed by atoms with van der Waals surface area (Å²) in [6, 6.07) is 7.10. The third kappa shape index (κ3) is 3.70. The molecule has 27 heavy (non-hydrogen) atoms. The molecular weight excluding hydrogens is 344 g/mol. The van der Waals surface area contributed by atoms with Gasteiger partial charge < -0.3 is 19.4 Å². The molecule has 6 nitrogen and oxygen atoms in total. The van der Waals surface area contributed by atoms with Gasteiger partial charge >= 0.3 is 0 Å². The van der Waals surface area contributed by atoms with E-state index >= 15 is 0 Å². The molecule has 0 radical (unpaired) electrons. The van der Waals surface area contributed by atoms with Gasteiger partial charge in [-0.3, -0.25) is 9.59 Å². The van der Waals surface area contributed by atoms with Crippen LogP contribution < -0.4 is 15.0 Å². The minimum atomic E-state index is -0.608. The first-order chi connectivity index (χ1) is 12.7. The fourth-order valence-electron chi connectivity index (χ4n) is 3.23. The number of hydrogen-bond donors (Lipinski definition) is 1. The number of fused-ring (bicyclic) bond motifs is 1. The Hall–Kier alpha value is -2.76. The van der Waals surface area contributed by atoms with Gasteiger partial charge in [0.25, 0.3) is 5.91 Å². The predicted molar refractivity (Wildman–Crippen MR) is 104 cm³/mol. The molecule has 2 amide bonds. The monoisotopic (exact) mass is 370 g/mol. The molecule has 0 spiro atoms. The highest BCUT2D eigenvalue weighted by molar-refractivity contribution is 6.05. The van der Waals surface area contributed by atoms with E-state index in [1.54, 1.807) is 36.9 Å². The number of furan rings is 1. The number of carbonyl (C=O) groups is 2. The molecule has 0 saturated heterocycles. The zero-order valence-corrected chi connectivity index (χ0v) is 16.5. The lowest BCUT2D eigenvalue weighted by Crippen LogP contribution is -2.42. The van der Waals surface area contributed by atoms with Crippen LogP contribution in [0.4, 0.5) is 11.4 Å². The Morgan fingerprint density at radius 2 is 2.00 bits per heavy atom. The number of benzene rings is 1. The van der Waals surface area contributed by atoms with Crippen LogP contribution in [0.15, 0.2) is 28.7 Å². The molecule has 1 N–H and O–H groups in total. The number of aryl methyl sites for hydroxylation is 2. The fraction of sp³-hybridized carbons (Fsp3) is 0.429. The van der Waals surface area contributed by atoms with Gasteiger partial charge in [0.15, 0.2) is 0 Å². The van der Waals surface area contributed by atoms with Crippen molar-refractivity contribution in [1.82, 2.24) is 0 Å². The number of nitrogens with zero attached hydrogens (tertiary/aromatic N) is 1. The molecule has 1 aromatic carbocycles. The van der Waals surface area contributed by atoms with Crippen LogP contribution in [-0.4, -0.2) is 25.0 Å². The Balaban J connectivity index is 1.90. The van der Waals surface area contributed by atoms with Crippen LogP contribution in [0.2, 0.25) is 0 Å². The summed E-state index contributed by atoms with van der Waals surface area (Å²) >= 11 is 0. The first-order valence-electron chi connectivity index (χ1n) is 9.20. The smallest absolute Gasteiger partial charge is 0.259 e. The quantitative estimate of drug-likeness (QED) is 0.870. The standard InChI is InChI=1S/C21H26N2O4/c1-6-9-23-17-8-7-15(11-18(17)26-12-21(4,5)20(23)25)22-19(24)16-10-13(2)27-14(16)3/h7-8,10-11H,6,9,12H2,1-5H3,(H,22,24). The summed E-state index contributed by atoms with van der Waals surface area (Å²) in [5.74, 6) is 1.68. The Kier molecular flexibility index (Phi) is 5.00. The normalized spacial score (nSPS) is 15.7. The zero-order chi connectivity index (χ0) is 19.8. The zero-order valence-electron chi connectivity index (χ0n) is 16.5. The van der Waals surface area contributed by atoms with Gasteiger partial charge in [0.2, 0.25) is 5.91 Å². The van der Waals surface area contributed by atoms with E-state index in [9.17, 15) is 9.59 Å². The summed E-state index contributed by atoms with van der Waals surface area (Å²) in [6.45, 7) is 10.3. The SMILES string of the molecule is CCCN1C(=O)C(C)(C)COc2cc(NC(=O)c3cc(C)oc3C)ccc21. The Morgan fingerprint density at radius 1 is 1.26 bits per heavy atom. The minimum absolute atomic E-state index is 0.0457. The summed E-state index contributed by atoms with van der Waals surface area (Å²) in [7, 11) is 0. The van der Waals surface area contributed by atoms with Crippen LogP contribution in [0, 0.1) is 19.3 Å². The van der Waals surface area contributed by atoms with E-state index in [-0.39, 0.29) is 18.4 Å². The van der Waals surface area contributed by atoms with E-state index in [4.69, 9.17) is 9.15 Å². The topological polar surface area (TPSA) is 71.8 Å². The van der Waals surface area contributed by atoms with Crippen molar-refractivity contribution in [3.05, 3.63) is 41.3 Å². The highest BCUT2D eigenvalue weighted by atomic mass is 16.5. The fourth-order valence-corrected chi connectivity index (χ4v) is 3.23. The number of amides is 2. The molecule has 1 aliphatic rings. The number of rotatable bonds is 4. The first-order valence-corrected chi connectivity index (χ1v) is 9.20. The summed E-state index contributed by atoms with van der Waals surface area (Å²) < 4.78 is 11.4. The Labute approximate surface area is 159 Å². The number of anilines is 2. The average molecular weight is 370 g/mol. The van der Waals surface area contributed by atoms with Crippen LogP contribution in [0.3, 0.4) is 0 Å². The molecule has 0 saturated carbocycles. The maximum Gasteiger partial charge on any atom is 0.259 e. The van der Waals surface area contributed by atoms with Gasteiger partial charge in [-0.25, -0.2) is 0 Å². The second-order valence-electron chi connectivity index (χ2n) is 7.59. The molecule has 3 rings (SSSR count). The molecule has 6 heteroatoms. The van der Waals surface area contributed by atoms with Gasteiger partial charge in [0.1, 0.15) is 23.9 Å². The molecule has 144 valence electrons. The maximum absolute atomic E-state index is 12.9. The van der Waals surface area contributed by atoms with E-state index in [0.29, 0.717) is 35.1 Å². The maximum atomic E-state index is 12.9. The second-order valence-corrected chi connectivity index (χ2v) is 7.59. The van der Waals surface area contributed by atoms with Crippen molar-refractivity contribution in [2.45, 2.75) is 41.0 Å². The third-order valence-corrected chi connectivity index (χ3v) is 4.65. The second kappa shape index (κ2) is 7.10. The minimum Gasteiger partial charge on any atom is -0.490 e. The molecule has 0 fully saturated rings. The molecule has 0 aliphatic carbocycles. The van der Waals surface area contributed by atoms with E-state index in [0.717, 1.165) is 12.1 Å². The average Bonchev–Trinajstić information content (AvgIpc) is 2.92. The van der Waals surface area contributed by atoms with Crippen molar-refractivity contribution in [3.8, 4) is 5.75 Å². The molecule has 0 bridgehead atoms. The van der Waals surface area contributed by atoms with E-state index < -0.39 is 5.41 Å². The molecule has 1 aromatic heterocycles. The number of hydrogen-bond acceptors (Lipinski definition) is 4. The van der Waals surface area contributed by atoms with Crippen molar-refractivity contribution in [2.24, 2.45) is 5.41 Å². The summed E-state index contributed by atoms with van der Waals surface area (Å²) in [5, 5.41) is 2.88. The predicted octanol–water partition coefficient (Wildman–Crippen LogP) is 4.31. The summed E-state index contributed by atoms with van der Waals surface area (Å²) in [5.41, 5.74) is 1.25. The van der Waals surface area contributed by atoms with Crippen LogP contribution in [0.1, 0.15) is 49.1 Å². The van der Waals surface area contributed by atoms with Crippen LogP contribution >= 0.6 is 0 Å². The van der Waals surface area contributed by atoms with Gasteiger partial charge in [-0.15, -0.1) is 0 Å². The van der Waals surface area contributed by atoms with Crippen molar-refractivity contribution in [1.29, 1.82) is 0 Å². The van der Waals surface area contributed by atoms with E-state index in [1.165, 1.54) is 0 Å². The van der Waals surface area contributed by atoms with Crippen LogP contribution in [0.5, 0.6) is 5.75 Å². The largest absolute Gasteiger partial charge is 0.490 e. The van der Waals surface area contributed by atoms with Crippen LogP contribution in [-0.2, 0) is 4.79 Å². The van der Waals surface area contributed by atoms with Crippen LogP contribution in [0.25, 0.3) is 0 Å². The highest BCUT2D eigenvalue weighted by Crippen LogP contribution is 2.38. The number of carbonyl (C=O) groups excluding carboxylic acids is 2.